The van der Waals surface area contributed by atoms with Crippen LogP contribution in [-0.2, 0) is 9.47 Å². The fourth-order valence-corrected chi connectivity index (χ4v) is 3.29. The molecule has 1 aromatic rings. The number of hydrogen-bond donors (Lipinski definition) is 1. The van der Waals surface area contributed by atoms with Gasteiger partial charge in [0.15, 0.2) is 0 Å². The Bertz CT molecular complexity index is 762. The molecule has 6 nitrogen and oxygen atoms in total. The summed E-state index contributed by atoms with van der Waals surface area (Å²) in [6.07, 6.45) is -0.549. The van der Waals surface area contributed by atoms with Crippen molar-refractivity contribution in [1.29, 1.82) is 0 Å². The molecule has 1 aliphatic heterocycles. The SMILES string of the molecule is CCOC(=O)c1cc(F)c(N2C[C@H](C)[C@H](NC(=O)OC(C)(C)C)C2)c(C)c1F. The number of nitrogens with one attached hydrogen (secondary N) is 1. The van der Waals surface area contributed by atoms with Crippen LogP contribution in [0.25, 0.3) is 0 Å². The first-order chi connectivity index (χ1) is 12.9. The normalized spacial score (nSPS) is 19.5. The summed E-state index contributed by atoms with van der Waals surface area (Å²) in [5.74, 6) is -2.40. The highest BCUT2D eigenvalue weighted by Gasteiger charge is 2.35. The fourth-order valence-electron chi connectivity index (χ4n) is 3.29. The first kappa shape index (κ1) is 21.9. The lowest BCUT2D eigenvalue weighted by atomic mass is 10.1. The number of ether oxygens (including phenoxy) is 2. The summed E-state index contributed by atoms with van der Waals surface area (Å²) in [5.41, 5.74) is -0.921. The van der Waals surface area contributed by atoms with Gasteiger partial charge in [-0.2, -0.15) is 0 Å². The minimum Gasteiger partial charge on any atom is -0.462 e. The van der Waals surface area contributed by atoms with Crippen LogP contribution < -0.4 is 10.2 Å². The Morgan fingerprint density at radius 1 is 1.29 bits per heavy atom. The molecule has 1 fully saturated rings. The molecule has 0 aromatic heterocycles. The summed E-state index contributed by atoms with van der Waals surface area (Å²) in [7, 11) is 0. The second kappa shape index (κ2) is 8.32. The number of amides is 1. The molecular weight excluding hydrogens is 370 g/mol. The largest absolute Gasteiger partial charge is 0.462 e. The van der Waals surface area contributed by atoms with Crippen molar-refractivity contribution in [3.05, 3.63) is 28.8 Å². The van der Waals surface area contributed by atoms with E-state index in [0.29, 0.717) is 13.1 Å². The van der Waals surface area contributed by atoms with Crippen molar-refractivity contribution in [2.45, 2.75) is 53.2 Å². The lowest BCUT2D eigenvalue weighted by molar-refractivity contribution is 0.0495. The van der Waals surface area contributed by atoms with Gasteiger partial charge in [-0.1, -0.05) is 6.92 Å². The summed E-state index contributed by atoms with van der Waals surface area (Å²) < 4.78 is 39.5. The monoisotopic (exact) mass is 398 g/mol. The molecule has 0 bridgehead atoms. The van der Waals surface area contributed by atoms with Crippen molar-refractivity contribution in [3.8, 4) is 0 Å². The second-order valence-corrected chi connectivity index (χ2v) is 8.05. The van der Waals surface area contributed by atoms with Crippen LogP contribution in [0.3, 0.4) is 0 Å². The van der Waals surface area contributed by atoms with Gasteiger partial charge in [-0.05, 0) is 46.6 Å². The molecule has 8 heteroatoms. The minimum absolute atomic E-state index is 0.000821. The van der Waals surface area contributed by atoms with E-state index >= 15 is 0 Å². The molecule has 0 saturated carbocycles. The zero-order valence-corrected chi connectivity index (χ0v) is 17.2. The van der Waals surface area contributed by atoms with Gasteiger partial charge in [-0.25, -0.2) is 18.4 Å². The van der Waals surface area contributed by atoms with Crippen LogP contribution in [0.1, 0.15) is 50.5 Å². The molecule has 28 heavy (non-hydrogen) atoms. The van der Waals surface area contributed by atoms with Crippen LogP contribution >= 0.6 is 0 Å². The molecule has 2 rings (SSSR count). The Labute approximate surface area is 164 Å². The van der Waals surface area contributed by atoms with Gasteiger partial charge in [0.25, 0.3) is 0 Å². The van der Waals surface area contributed by atoms with Crippen molar-refractivity contribution in [1.82, 2.24) is 5.32 Å². The van der Waals surface area contributed by atoms with E-state index in [1.54, 1.807) is 32.6 Å². The summed E-state index contributed by atoms with van der Waals surface area (Å²) in [6, 6.07) is 0.594. The van der Waals surface area contributed by atoms with Crippen molar-refractivity contribution in [2.75, 3.05) is 24.6 Å². The van der Waals surface area contributed by atoms with E-state index in [2.05, 4.69) is 5.32 Å². The van der Waals surface area contributed by atoms with E-state index in [9.17, 15) is 18.4 Å². The Morgan fingerprint density at radius 2 is 1.93 bits per heavy atom. The van der Waals surface area contributed by atoms with Gasteiger partial charge in [0.05, 0.1) is 23.9 Å². The zero-order chi connectivity index (χ0) is 21.2. The number of hydrogen-bond acceptors (Lipinski definition) is 5. The number of halogens is 2. The maximum atomic E-state index is 14.8. The third-order valence-corrected chi connectivity index (χ3v) is 4.54. The second-order valence-electron chi connectivity index (χ2n) is 8.05. The molecule has 1 saturated heterocycles. The number of anilines is 1. The third-order valence-electron chi connectivity index (χ3n) is 4.54. The molecule has 1 N–H and O–H groups in total. The van der Waals surface area contributed by atoms with E-state index in [-0.39, 0.29) is 29.8 Å². The van der Waals surface area contributed by atoms with Crippen LogP contribution in [0.5, 0.6) is 0 Å². The number of carbonyl (C=O) groups is 2. The first-order valence-electron chi connectivity index (χ1n) is 9.34. The summed E-state index contributed by atoms with van der Waals surface area (Å²) in [6.45, 7) is 11.0. The molecule has 1 aliphatic rings. The van der Waals surface area contributed by atoms with E-state index < -0.39 is 34.9 Å². The highest BCUT2D eigenvalue weighted by molar-refractivity contribution is 5.91. The molecule has 0 aliphatic carbocycles. The van der Waals surface area contributed by atoms with Gasteiger partial charge in [0, 0.05) is 18.7 Å². The van der Waals surface area contributed by atoms with Gasteiger partial charge < -0.3 is 19.7 Å². The van der Waals surface area contributed by atoms with E-state index in [4.69, 9.17) is 9.47 Å². The molecule has 0 spiro atoms. The van der Waals surface area contributed by atoms with Crippen molar-refractivity contribution in [3.63, 3.8) is 0 Å². The average Bonchev–Trinajstić information content (AvgIpc) is 2.89. The minimum atomic E-state index is -0.896. The van der Waals surface area contributed by atoms with Gasteiger partial charge in [0.2, 0.25) is 0 Å². The first-order valence-corrected chi connectivity index (χ1v) is 9.34. The molecular formula is C20H28F2N2O4. The Balaban J connectivity index is 2.21. The van der Waals surface area contributed by atoms with Gasteiger partial charge in [-0.3, -0.25) is 0 Å². The number of nitrogens with zero attached hydrogens (tertiary/aromatic N) is 1. The quantitative estimate of drug-likeness (QED) is 0.782. The summed E-state index contributed by atoms with van der Waals surface area (Å²) in [5, 5.41) is 2.79. The van der Waals surface area contributed by atoms with Crippen molar-refractivity contribution >= 4 is 17.7 Å². The molecule has 1 aromatic carbocycles. The van der Waals surface area contributed by atoms with Crippen LogP contribution in [-0.4, -0.2) is 43.4 Å². The van der Waals surface area contributed by atoms with Crippen LogP contribution in [0.15, 0.2) is 6.07 Å². The summed E-state index contributed by atoms with van der Waals surface area (Å²) in [4.78, 5) is 25.5. The smallest absolute Gasteiger partial charge is 0.407 e. The van der Waals surface area contributed by atoms with Crippen molar-refractivity contribution < 1.29 is 27.8 Å². The van der Waals surface area contributed by atoms with Crippen molar-refractivity contribution in [2.24, 2.45) is 5.92 Å². The molecule has 156 valence electrons. The number of benzene rings is 1. The predicted molar refractivity (Wildman–Crippen MR) is 102 cm³/mol. The van der Waals surface area contributed by atoms with Gasteiger partial charge in [-0.15, -0.1) is 0 Å². The number of carbonyl (C=O) groups excluding carboxylic acids is 2. The number of esters is 1. The van der Waals surface area contributed by atoms with Gasteiger partial charge in [0.1, 0.15) is 17.2 Å². The highest BCUT2D eigenvalue weighted by Crippen LogP contribution is 2.33. The molecule has 2 atom stereocenters. The van der Waals surface area contributed by atoms with Crippen LogP contribution in [0.4, 0.5) is 19.3 Å². The highest BCUT2D eigenvalue weighted by atomic mass is 19.1. The Hall–Kier alpha value is -2.38. The standard InChI is InChI=1S/C20H28F2N2O4/c1-7-27-18(25)13-8-14(21)17(12(3)16(13)22)24-9-11(2)15(10-24)23-19(26)28-20(4,5)6/h8,11,15H,7,9-10H2,1-6H3,(H,23,26)/t11-,15+/m0/s1. The Kier molecular flexibility index (Phi) is 6.52. The van der Waals surface area contributed by atoms with Crippen LogP contribution in [0.2, 0.25) is 0 Å². The fraction of sp³-hybridized carbons (Fsp3) is 0.600. The van der Waals surface area contributed by atoms with E-state index in [1.807, 2.05) is 6.92 Å². The van der Waals surface area contributed by atoms with E-state index in [1.165, 1.54) is 6.92 Å². The van der Waals surface area contributed by atoms with Gasteiger partial charge >= 0.3 is 12.1 Å². The lowest BCUT2D eigenvalue weighted by Crippen LogP contribution is -2.42. The number of rotatable bonds is 4. The summed E-state index contributed by atoms with van der Waals surface area (Å²) >= 11 is 0. The zero-order valence-electron chi connectivity index (χ0n) is 17.2. The lowest BCUT2D eigenvalue weighted by Gasteiger charge is -2.24. The maximum Gasteiger partial charge on any atom is 0.407 e. The van der Waals surface area contributed by atoms with Crippen LogP contribution in [0, 0.1) is 24.5 Å². The topological polar surface area (TPSA) is 67.9 Å². The maximum absolute atomic E-state index is 14.8. The molecule has 0 unspecified atom stereocenters. The molecule has 0 radical (unpaired) electrons. The molecule has 1 heterocycles. The Morgan fingerprint density at radius 3 is 2.50 bits per heavy atom. The van der Waals surface area contributed by atoms with E-state index in [0.717, 1.165) is 6.07 Å². The predicted octanol–water partition coefficient (Wildman–Crippen LogP) is 3.80. The molecule has 1 amide bonds. The number of alkyl carbamates (subject to hydrolysis) is 1. The average molecular weight is 398 g/mol. The third kappa shape index (κ3) is 4.91.